The molecule has 12 rings (SSSR count). The molecule has 0 saturated heterocycles. The second kappa shape index (κ2) is 47.5. The molecule has 624 valence electrons. The Balaban J connectivity index is 0.000000219. The molecule has 7 atom stereocenters. The molecule has 11 aromatic rings. The van der Waals surface area contributed by atoms with Crippen molar-refractivity contribution in [1.82, 2.24) is 25.0 Å². The number of fused-ring (bicyclic) bond motifs is 2. The normalized spacial score (nSPS) is 13.2. The molecule has 18 nitrogen and oxygen atoms in total. The number of halogens is 6. The van der Waals surface area contributed by atoms with Crippen molar-refractivity contribution in [3.05, 3.63) is 340 Å². The summed E-state index contributed by atoms with van der Waals surface area (Å²) in [6, 6.07) is 60.7. The minimum atomic E-state index is -1.30. The number of nitrogens with two attached hydrogens (primary N) is 1. The summed E-state index contributed by atoms with van der Waals surface area (Å²) in [5, 5.41) is 46.9. The first kappa shape index (κ1) is 96.0. The van der Waals surface area contributed by atoms with Gasteiger partial charge >= 0.3 is 5.97 Å². The fourth-order valence-corrected chi connectivity index (χ4v) is 12.9. The zero-order chi connectivity index (χ0) is 86.7. The smallest absolute Gasteiger partial charge is 0.335 e. The number of aliphatic hydroxyl groups excluding tert-OH is 3. The van der Waals surface area contributed by atoms with Crippen LogP contribution in [0.4, 0.5) is 26.3 Å². The molecule has 0 bridgehead atoms. The first-order valence-electron chi connectivity index (χ1n) is 37.3. The van der Waals surface area contributed by atoms with E-state index in [-0.39, 0.29) is 82.4 Å². The third-order valence-corrected chi connectivity index (χ3v) is 21.6. The van der Waals surface area contributed by atoms with Gasteiger partial charge in [-0.05, 0) is 258 Å². The van der Waals surface area contributed by atoms with Gasteiger partial charge in [0.25, 0.3) is 5.91 Å². The minimum absolute atomic E-state index is 0.0255. The summed E-state index contributed by atoms with van der Waals surface area (Å²) >= 11 is 0. The Morgan fingerprint density at radius 1 is 0.534 bits per heavy atom. The Bertz CT molecular complexity index is 5250. The third kappa shape index (κ3) is 32.6. The van der Waals surface area contributed by atoms with Gasteiger partial charge in [0.05, 0.1) is 72.7 Å². The number of aromatic nitrogens is 2. The molecular formula is C91H100F6N8O10S3. The van der Waals surface area contributed by atoms with Gasteiger partial charge in [0.15, 0.2) is 0 Å². The highest BCUT2D eigenvalue weighted by Crippen LogP contribution is 2.29. The van der Waals surface area contributed by atoms with Gasteiger partial charge in [-0.1, -0.05) is 121 Å². The Morgan fingerprint density at radius 2 is 0.983 bits per heavy atom. The summed E-state index contributed by atoms with van der Waals surface area (Å²) in [6.07, 6.45) is 8.86. The molecule has 0 saturated carbocycles. The van der Waals surface area contributed by atoms with Crippen molar-refractivity contribution >= 4 is 74.5 Å². The van der Waals surface area contributed by atoms with Crippen molar-refractivity contribution < 1.29 is 73.8 Å². The molecule has 1 amide bonds. The lowest BCUT2D eigenvalue weighted by Crippen LogP contribution is -2.36. The molecule has 1 aliphatic heterocycles. The number of aromatic amines is 1. The van der Waals surface area contributed by atoms with Crippen molar-refractivity contribution in [3.8, 4) is 22.3 Å². The van der Waals surface area contributed by atoms with Gasteiger partial charge < -0.3 is 31.5 Å². The topological polar surface area (TPSA) is 299 Å². The predicted octanol–water partition coefficient (Wildman–Crippen LogP) is 18.2. The molecule has 2 heterocycles. The number of H-pyrrole nitrogens is 1. The van der Waals surface area contributed by atoms with Gasteiger partial charge in [0.2, 0.25) is 0 Å². The first-order valence-corrected chi connectivity index (χ1v) is 40.7. The van der Waals surface area contributed by atoms with Crippen LogP contribution >= 0.6 is 0 Å². The maximum absolute atomic E-state index is 13.5. The average Bonchev–Trinajstić information content (AvgIpc) is 1.47. The number of amides is 1. The maximum atomic E-state index is 13.5. The van der Waals surface area contributed by atoms with E-state index < -0.39 is 55.5 Å². The molecule has 10 aromatic carbocycles. The lowest BCUT2D eigenvalue weighted by molar-refractivity contribution is 0.0696. The summed E-state index contributed by atoms with van der Waals surface area (Å²) in [5.41, 5.74) is 17.2. The molecule has 118 heavy (non-hydrogen) atoms. The summed E-state index contributed by atoms with van der Waals surface area (Å²) in [4.78, 5) is 37.9. The van der Waals surface area contributed by atoms with Crippen LogP contribution in [0.3, 0.4) is 0 Å². The predicted molar refractivity (Wildman–Crippen MR) is 461 cm³/mol. The molecule has 27 heteroatoms. The lowest BCUT2D eigenvalue weighted by Gasteiger charge is -2.24. The van der Waals surface area contributed by atoms with Gasteiger partial charge in [0, 0.05) is 60.3 Å². The summed E-state index contributed by atoms with van der Waals surface area (Å²) in [7, 11) is -3.75. The highest BCUT2D eigenvalue weighted by atomic mass is 32.2. The van der Waals surface area contributed by atoms with Crippen LogP contribution in [0, 0.1) is 34.9 Å². The number of carbonyl (C=O) groups is 3. The zero-order valence-electron chi connectivity index (χ0n) is 66.9. The molecule has 10 N–H and O–H groups in total. The van der Waals surface area contributed by atoms with Gasteiger partial charge in [0.1, 0.15) is 52.2 Å². The van der Waals surface area contributed by atoms with Crippen molar-refractivity contribution in [2.75, 3.05) is 19.8 Å². The number of aldehydes is 1. The molecule has 1 aliphatic rings. The molecule has 7 unspecified atom stereocenters. The van der Waals surface area contributed by atoms with E-state index in [1.807, 2.05) is 123 Å². The standard InChI is InChI=1S/C22H18FN3O2.C15H11NO2.C14H20FNOS.C13H20FNO2S.C11H14FNOS.C9H12FNO.C7H5FO/c23-19-6-2-4-16(11-19)21(13-27)25-22(28)17-5-1-3-14(9-17)15-7-8-20-18(10-15)12-24-26-20;17-15(18)12-3-1-2-10(6-12)11-4-5-13-8-16-9-14(13)7-11;1-5-7-13(16-18(17)14(2,3)4)11-8-6-9-12(15)10-11;1-13(2,3)18(17)15-12(7-8-16)10-5-4-6-11(14)9-10;1-11(2,3)15(14)13-8-9-5-4-6-10(12)7-9;10-8-3-1-2-7(6-8)9(11)4-5-12;8-7-3-1-2-6(4-7)5-9/h1-12,21,27H,13H2,(H,24,26)(H,25,28);1-7,9H,8H2,(H,17,18);5-6,8-10,13,16H,1,7H2,2-4H3;4-6,9,12,15-16H,7-8H2,1-3H3;4-8H,1-3H3;1-3,6,9,12H,4-5,11H2;1-5H. The number of carbonyl (C=O) groups excluding carboxylic acids is 2. The number of aromatic carboxylic acids is 1. The number of nitrogens with zero attached hydrogens (tertiary/aromatic N) is 3. The number of aliphatic imine (C=N–C) groups is 1. The lowest BCUT2D eigenvalue weighted by atomic mass is 9.99. The number of hydrogen-bond donors (Lipinski definition) is 9. The Kier molecular flexibility index (Phi) is 38.7. The third-order valence-electron chi connectivity index (χ3n) is 17.0. The Morgan fingerprint density at radius 3 is 1.47 bits per heavy atom. The van der Waals surface area contributed by atoms with Crippen LogP contribution < -0.4 is 20.5 Å². The van der Waals surface area contributed by atoms with Gasteiger partial charge in [-0.3, -0.25) is 19.7 Å². The van der Waals surface area contributed by atoms with Gasteiger partial charge in [-0.15, -0.1) is 6.58 Å². The largest absolute Gasteiger partial charge is 0.478 e. The number of benzene rings is 10. The van der Waals surface area contributed by atoms with E-state index in [0.29, 0.717) is 58.9 Å². The molecule has 1 aromatic heterocycles. The monoisotopic (exact) mass is 1670 g/mol. The second-order valence-corrected chi connectivity index (χ2v) is 35.5. The molecular weight excluding hydrogens is 1580 g/mol. The van der Waals surface area contributed by atoms with Crippen LogP contribution in [0.25, 0.3) is 33.2 Å². The fraction of sp³-hybridized carbons (Fsp3) is 0.253. The van der Waals surface area contributed by atoms with Crippen molar-refractivity contribution in [2.24, 2.45) is 15.1 Å². The number of hydrogen-bond acceptors (Lipinski definition) is 12. The molecule has 0 fully saturated rings. The average molecular weight is 1680 g/mol. The number of nitrogens with one attached hydrogen (secondary N) is 4. The van der Waals surface area contributed by atoms with E-state index in [1.54, 1.807) is 109 Å². The Labute approximate surface area is 692 Å². The number of carboxylic acid groups (broad SMARTS) is 1. The van der Waals surface area contributed by atoms with Crippen LogP contribution in [-0.4, -0.2) is 108 Å². The molecule has 0 aliphatic carbocycles. The summed E-state index contributed by atoms with van der Waals surface area (Å²) < 4.78 is 122. The first-order chi connectivity index (χ1) is 56.0. The van der Waals surface area contributed by atoms with Crippen molar-refractivity contribution in [3.63, 3.8) is 0 Å². The van der Waals surface area contributed by atoms with E-state index >= 15 is 0 Å². The highest BCUT2D eigenvalue weighted by Gasteiger charge is 2.26. The number of rotatable bonds is 23. The van der Waals surface area contributed by atoms with Crippen molar-refractivity contribution in [1.29, 1.82) is 0 Å². The van der Waals surface area contributed by atoms with Crippen LogP contribution in [0.5, 0.6) is 0 Å². The van der Waals surface area contributed by atoms with Crippen LogP contribution in [0.15, 0.2) is 259 Å². The minimum Gasteiger partial charge on any atom is -0.478 e. The summed E-state index contributed by atoms with van der Waals surface area (Å²) in [6.45, 7) is 20.9. The van der Waals surface area contributed by atoms with E-state index in [9.17, 15) is 58.5 Å². The van der Waals surface area contributed by atoms with Gasteiger partial charge in [-0.2, -0.15) is 9.50 Å². The second-order valence-electron chi connectivity index (χ2n) is 29.5. The molecule has 0 spiro atoms. The van der Waals surface area contributed by atoms with E-state index in [4.69, 9.17) is 21.1 Å². The highest BCUT2D eigenvalue weighted by molar-refractivity contribution is 7.85. The number of carboxylic acids is 1. The number of aliphatic hydroxyl groups is 3. The summed E-state index contributed by atoms with van der Waals surface area (Å²) in [5.74, 6) is -3.26. The molecule has 0 radical (unpaired) electrons. The Hall–Kier alpha value is -10.9. The maximum Gasteiger partial charge on any atom is 0.335 e. The SMILES string of the molecule is C=CCC(NS(=O)C(C)(C)C)c1cccc(F)c1.CC(C)(C)S(=O)N=Cc1cccc(F)c1.CC(C)(C)S(=O)NC(CCO)c1cccc(F)c1.NC(CCO)c1cccc(F)c1.O=C(NC(CO)c1cccc(F)c1)c1cccc(-c2ccc3[nH]ncc3c2)c1.O=C(O)c1cccc(-c2ccc3c(c2)C=NC3)c1.O=Cc1cccc(F)c1. The quantitative estimate of drug-likeness (QED) is 0.0125. The van der Waals surface area contributed by atoms with E-state index in [2.05, 4.69) is 40.9 Å². The van der Waals surface area contributed by atoms with Crippen molar-refractivity contribution in [2.45, 2.75) is 127 Å². The van der Waals surface area contributed by atoms with Crippen LogP contribution in [0.1, 0.15) is 176 Å². The van der Waals surface area contributed by atoms with Gasteiger partial charge in [-0.25, -0.2) is 53.2 Å². The van der Waals surface area contributed by atoms with E-state index in [1.165, 1.54) is 90.6 Å². The van der Waals surface area contributed by atoms with E-state index in [0.717, 1.165) is 56.4 Å². The van der Waals surface area contributed by atoms with Crippen LogP contribution in [-0.2, 0) is 39.5 Å². The fourth-order valence-electron chi connectivity index (χ4n) is 10.7. The zero-order valence-corrected chi connectivity index (χ0v) is 69.4. The van der Waals surface area contributed by atoms with Crippen LogP contribution in [0.2, 0.25) is 0 Å².